The number of benzene rings is 3. The third kappa shape index (κ3) is 7.37. The second-order valence-corrected chi connectivity index (χ2v) is 12.7. The summed E-state index contributed by atoms with van der Waals surface area (Å²) >= 11 is 17.7. The molecule has 230 valence electrons. The average molecular weight is 719 g/mol. The number of allylic oxidation sites excluding steroid dienone is 1. The zero-order chi connectivity index (χ0) is 31.2. The molecule has 1 atom stereocenters. The number of thioether (sulfide) groups is 1. The number of halogens is 3. The van der Waals surface area contributed by atoms with Crippen LogP contribution in [-0.4, -0.2) is 33.1 Å². The van der Waals surface area contributed by atoms with Crippen molar-refractivity contribution in [2.24, 2.45) is 0 Å². The zero-order valence-corrected chi connectivity index (χ0v) is 28.3. The van der Waals surface area contributed by atoms with Gasteiger partial charge in [0.15, 0.2) is 11.5 Å². The first-order valence-electron chi connectivity index (χ1n) is 14.1. The zero-order valence-electron chi connectivity index (χ0n) is 24.4. The van der Waals surface area contributed by atoms with E-state index in [1.807, 2.05) is 62.4 Å². The summed E-state index contributed by atoms with van der Waals surface area (Å²) in [6.45, 7) is 6.58. The Morgan fingerprint density at radius 1 is 1.07 bits per heavy atom. The van der Waals surface area contributed by atoms with Crippen LogP contribution in [0.5, 0.6) is 11.5 Å². The summed E-state index contributed by atoms with van der Waals surface area (Å²) in [7, 11) is 0. The van der Waals surface area contributed by atoms with E-state index >= 15 is 0 Å². The molecule has 1 aliphatic rings. The molecule has 1 N–H and O–H groups in total. The number of carbonyl (C=O) groups is 1. The lowest BCUT2D eigenvalue weighted by atomic mass is 9.95. The summed E-state index contributed by atoms with van der Waals surface area (Å²) in [6, 6.07) is 18.0. The average Bonchev–Trinajstić information content (AvgIpc) is 3.41. The predicted molar refractivity (Wildman–Crippen MR) is 178 cm³/mol. The summed E-state index contributed by atoms with van der Waals surface area (Å²) in [5.41, 5.74) is 3.46. The van der Waals surface area contributed by atoms with Gasteiger partial charge in [-0.15, -0.1) is 5.10 Å². The van der Waals surface area contributed by atoms with Crippen LogP contribution in [0.4, 0.5) is 5.95 Å². The van der Waals surface area contributed by atoms with E-state index in [4.69, 9.17) is 47.5 Å². The molecule has 44 heavy (non-hydrogen) atoms. The highest BCUT2D eigenvalue weighted by atomic mass is 79.9. The lowest BCUT2D eigenvalue weighted by Crippen LogP contribution is -2.29. The number of anilines is 1. The normalized spacial score (nSPS) is 14.2. The van der Waals surface area contributed by atoms with Crippen LogP contribution >= 0.6 is 50.9 Å². The quantitative estimate of drug-likeness (QED) is 0.115. The Bertz CT molecular complexity index is 1680. The lowest BCUT2D eigenvalue weighted by Gasteiger charge is -2.29. The van der Waals surface area contributed by atoms with Gasteiger partial charge in [-0.3, -0.25) is 0 Å². The van der Waals surface area contributed by atoms with Gasteiger partial charge in [-0.1, -0.05) is 78.3 Å². The third-order valence-corrected chi connectivity index (χ3v) is 8.96. The van der Waals surface area contributed by atoms with Crippen LogP contribution in [0.1, 0.15) is 49.9 Å². The topological polar surface area (TPSA) is 87.5 Å². The summed E-state index contributed by atoms with van der Waals surface area (Å²) < 4.78 is 20.5. The molecule has 0 spiro atoms. The molecule has 3 aromatic carbocycles. The van der Waals surface area contributed by atoms with Gasteiger partial charge in [0.25, 0.3) is 0 Å². The molecular formula is C32H31BrCl2N4O4S. The Hall–Kier alpha value is -3.18. The SMILES string of the molecule is CCCSc1nc2n(n1)C(c1cc(Br)c(OCc3ccc(Cl)cc3Cl)c(OCC)c1)C(C(=O)OCc1ccccc1)=C(C)N2. The van der Waals surface area contributed by atoms with Crippen LogP contribution in [0.15, 0.2) is 81.6 Å². The van der Waals surface area contributed by atoms with Crippen molar-refractivity contribution in [3.63, 3.8) is 0 Å². The van der Waals surface area contributed by atoms with Crippen molar-refractivity contribution >= 4 is 62.8 Å². The van der Waals surface area contributed by atoms with Gasteiger partial charge in [-0.05, 0) is 71.6 Å². The van der Waals surface area contributed by atoms with Crippen molar-refractivity contribution in [3.05, 3.63) is 103 Å². The number of aromatic nitrogens is 3. The number of carbonyl (C=O) groups excluding carboxylic acids is 1. The van der Waals surface area contributed by atoms with Gasteiger partial charge < -0.3 is 19.5 Å². The van der Waals surface area contributed by atoms with E-state index in [-0.39, 0.29) is 13.2 Å². The molecule has 0 amide bonds. The fourth-order valence-corrected chi connectivity index (χ4v) is 6.42. The predicted octanol–water partition coefficient (Wildman–Crippen LogP) is 8.86. The molecule has 0 saturated carbocycles. The minimum Gasteiger partial charge on any atom is -0.490 e. The van der Waals surface area contributed by atoms with Gasteiger partial charge in [0, 0.05) is 27.1 Å². The summed E-state index contributed by atoms with van der Waals surface area (Å²) in [6.07, 6.45) is 0.979. The molecule has 0 radical (unpaired) electrons. The van der Waals surface area contributed by atoms with Crippen molar-refractivity contribution in [1.29, 1.82) is 0 Å². The Kier molecular flexibility index (Phi) is 10.8. The van der Waals surface area contributed by atoms with E-state index in [1.54, 1.807) is 28.6 Å². The smallest absolute Gasteiger partial charge is 0.338 e. The van der Waals surface area contributed by atoms with Gasteiger partial charge in [-0.25, -0.2) is 9.48 Å². The number of fused-ring (bicyclic) bond motifs is 1. The Morgan fingerprint density at radius 3 is 2.59 bits per heavy atom. The minimum absolute atomic E-state index is 0.138. The number of ether oxygens (including phenoxy) is 3. The number of rotatable bonds is 12. The fraction of sp³-hybridized carbons (Fsp3) is 0.281. The van der Waals surface area contributed by atoms with Crippen LogP contribution in [0.25, 0.3) is 0 Å². The summed E-state index contributed by atoms with van der Waals surface area (Å²) in [5.74, 6) is 1.95. The van der Waals surface area contributed by atoms with Crippen molar-refractivity contribution in [1.82, 2.24) is 14.8 Å². The fourth-order valence-electron chi connectivity index (χ4n) is 4.70. The van der Waals surface area contributed by atoms with Gasteiger partial charge >= 0.3 is 5.97 Å². The first kappa shape index (κ1) is 32.2. The second kappa shape index (κ2) is 14.7. The highest BCUT2D eigenvalue weighted by Gasteiger charge is 2.36. The molecule has 0 saturated heterocycles. The highest BCUT2D eigenvalue weighted by Crippen LogP contribution is 2.44. The Balaban J connectivity index is 1.53. The molecule has 8 nitrogen and oxygen atoms in total. The van der Waals surface area contributed by atoms with E-state index < -0.39 is 12.0 Å². The highest BCUT2D eigenvalue weighted by molar-refractivity contribution is 9.10. The minimum atomic E-state index is -0.645. The maximum Gasteiger partial charge on any atom is 0.338 e. The molecule has 1 aromatic heterocycles. The van der Waals surface area contributed by atoms with Gasteiger partial charge in [-0.2, -0.15) is 4.98 Å². The number of hydrogen-bond acceptors (Lipinski definition) is 8. The van der Waals surface area contributed by atoms with Crippen molar-refractivity contribution in [2.75, 3.05) is 17.7 Å². The van der Waals surface area contributed by atoms with Gasteiger partial charge in [0.05, 0.1) is 16.7 Å². The van der Waals surface area contributed by atoms with Gasteiger partial charge in [0.2, 0.25) is 11.1 Å². The van der Waals surface area contributed by atoms with E-state index in [0.29, 0.717) is 55.0 Å². The van der Waals surface area contributed by atoms with E-state index in [9.17, 15) is 4.79 Å². The number of nitrogens with zero attached hydrogens (tertiary/aromatic N) is 3. The Labute approximate surface area is 279 Å². The van der Waals surface area contributed by atoms with Crippen LogP contribution in [0.2, 0.25) is 10.0 Å². The van der Waals surface area contributed by atoms with Crippen LogP contribution in [0, 0.1) is 0 Å². The van der Waals surface area contributed by atoms with Crippen molar-refractivity contribution in [2.45, 2.75) is 51.6 Å². The Morgan fingerprint density at radius 2 is 1.86 bits per heavy atom. The molecule has 12 heteroatoms. The van der Waals surface area contributed by atoms with E-state index in [2.05, 4.69) is 28.2 Å². The van der Waals surface area contributed by atoms with Crippen LogP contribution in [0.3, 0.4) is 0 Å². The van der Waals surface area contributed by atoms with Gasteiger partial charge in [0.1, 0.15) is 19.3 Å². The first-order chi connectivity index (χ1) is 21.3. The molecule has 0 bridgehead atoms. The molecular weight excluding hydrogens is 687 g/mol. The second-order valence-electron chi connectivity index (χ2n) is 9.93. The molecule has 0 fully saturated rings. The van der Waals surface area contributed by atoms with Crippen molar-refractivity contribution in [3.8, 4) is 11.5 Å². The number of hydrogen-bond donors (Lipinski definition) is 1. The standard InChI is InChI=1S/C32H31BrCl2N4O4S/c1-4-13-44-32-37-31-36-19(3)27(30(40)43-17-20-9-7-6-8-10-20)28(39(31)38-32)22-14-24(33)29(26(15-22)41-5-2)42-18-21-11-12-23(34)16-25(21)35/h6-12,14-16,28H,4-5,13,17-18H2,1-3H3,(H,36,37,38). The molecule has 4 aromatic rings. The molecule has 0 aliphatic carbocycles. The maximum atomic E-state index is 13.8. The van der Waals surface area contributed by atoms with Crippen molar-refractivity contribution < 1.29 is 19.0 Å². The number of nitrogens with one attached hydrogen (secondary N) is 1. The molecule has 1 aliphatic heterocycles. The monoisotopic (exact) mass is 716 g/mol. The number of esters is 1. The van der Waals surface area contributed by atoms with Crippen LogP contribution in [-0.2, 0) is 22.7 Å². The van der Waals surface area contributed by atoms with E-state index in [0.717, 1.165) is 28.9 Å². The first-order valence-corrected chi connectivity index (χ1v) is 16.6. The summed E-state index contributed by atoms with van der Waals surface area (Å²) in [5, 5.41) is 9.74. The maximum absolute atomic E-state index is 13.8. The van der Waals surface area contributed by atoms with E-state index in [1.165, 1.54) is 0 Å². The lowest BCUT2D eigenvalue weighted by molar-refractivity contribution is -0.140. The largest absolute Gasteiger partial charge is 0.490 e. The molecule has 1 unspecified atom stereocenters. The third-order valence-electron chi connectivity index (χ3n) is 6.74. The molecule has 5 rings (SSSR count). The van der Waals surface area contributed by atoms with Crippen LogP contribution < -0.4 is 14.8 Å². The molecule has 2 heterocycles. The summed E-state index contributed by atoms with van der Waals surface area (Å²) in [4.78, 5) is 18.5.